The minimum absolute atomic E-state index is 0.297. The summed E-state index contributed by atoms with van der Waals surface area (Å²) in [7, 11) is 3.20. The summed E-state index contributed by atoms with van der Waals surface area (Å²) in [6.07, 6.45) is 0. The van der Waals surface area contributed by atoms with Crippen molar-refractivity contribution < 1.29 is 9.59 Å². The molecule has 0 aromatic heterocycles. The molecule has 0 heterocycles. The van der Waals surface area contributed by atoms with Gasteiger partial charge in [-0.2, -0.15) is 0 Å². The second kappa shape index (κ2) is 4.59. The molecule has 80 valence electrons. The Balaban J connectivity index is 3.05. The summed E-state index contributed by atoms with van der Waals surface area (Å²) in [5.74, 6) is -1.81. The van der Waals surface area contributed by atoms with Crippen LogP contribution in [0.2, 0.25) is 0 Å². The molecule has 0 saturated carbocycles. The van der Waals surface area contributed by atoms with E-state index < -0.39 is 11.8 Å². The molecule has 1 rings (SSSR count). The van der Waals surface area contributed by atoms with Crippen molar-refractivity contribution in [2.24, 2.45) is 5.73 Å². The van der Waals surface area contributed by atoms with Crippen LogP contribution in [0.4, 0.5) is 0 Å². The fourth-order valence-electron chi connectivity index (χ4n) is 1.33. The molecule has 2 amide bonds. The van der Waals surface area contributed by atoms with Crippen molar-refractivity contribution in [1.82, 2.24) is 4.90 Å². The molecule has 15 heavy (non-hydrogen) atoms. The average Bonchev–Trinajstić information content (AvgIpc) is 2.18. The Bertz CT molecular complexity index is 360. The first-order valence-corrected chi connectivity index (χ1v) is 4.59. The van der Waals surface area contributed by atoms with Crippen LogP contribution in [0.25, 0.3) is 0 Å². The Morgan fingerprint density at radius 3 is 2.13 bits per heavy atom. The van der Waals surface area contributed by atoms with Crippen LogP contribution >= 0.6 is 0 Å². The molecule has 0 fully saturated rings. The third-order valence-electron chi connectivity index (χ3n) is 2.11. The van der Waals surface area contributed by atoms with E-state index in [2.05, 4.69) is 0 Å². The number of hydrogen-bond donors (Lipinski definition) is 1. The zero-order valence-electron chi connectivity index (χ0n) is 8.81. The molecule has 0 aliphatic heterocycles. The minimum Gasteiger partial charge on any atom is -0.369 e. The normalized spacial score (nSPS) is 11.9. The maximum Gasteiger partial charge on any atom is 0.239 e. The lowest BCUT2D eigenvalue weighted by molar-refractivity contribution is -0.135. The molecular weight excluding hydrogens is 192 g/mol. The number of benzene rings is 1. The van der Waals surface area contributed by atoms with Crippen LogP contribution < -0.4 is 5.73 Å². The summed E-state index contributed by atoms with van der Waals surface area (Å²) < 4.78 is 0. The number of amides is 2. The second-order valence-electron chi connectivity index (χ2n) is 3.48. The van der Waals surface area contributed by atoms with Crippen LogP contribution in [-0.2, 0) is 9.59 Å². The first-order chi connectivity index (χ1) is 7.04. The quantitative estimate of drug-likeness (QED) is 0.725. The summed E-state index contributed by atoms with van der Waals surface area (Å²) in [6, 6.07) is 8.80. The largest absolute Gasteiger partial charge is 0.369 e. The van der Waals surface area contributed by atoms with Crippen molar-refractivity contribution in [1.29, 1.82) is 0 Å². The van der Waals surface area contributed by atoms with Crippen molar-refractivity contribution in [2.75, 3.05) is 14.1 Å². The van der Waals surface area contributed by atoms with Gasteiger partial charge in [0, 0.05) is 14.1 Å². The SMILES string of the molecule is CN(C)C(=O)[C@H](C(N)=O)c1ccccc1. The first kappa shape index (κ1) is 11.2. The molecule has 0 unspecified atom stereocenters. The Morgan fingerprint density at radius 1 is 1.20 bits per heavy atom. The molecule has 0 aliphatic carbocycles. The Kier molecular flexibility index (Phi) is 3.44. The highest BCUT2D eigenvalue weighted by atomic mass is 16.2. The Hall–Kier alpha value is -1.84. The van der Waals surface area contributed by atoms with E-state index in [-0.39, 0.29) is 5.91 Å². The van der Waals surface area contributed by atoms with E-state index in [1.807, 2.05) is 6.07 Å². The number of nitrogens with zero attached hydrogens (tertiary/aromatic N) is 1. The van der Waals surface area contributed by atoms with Crippen LogP contribution in [0.15, 0.2) is 30.3 Å². The summed E-state index contributed by atoms with van der Waals surface area (Å²) in [6.45, 7) is 0. The molecule has 0 aliphatic rings. The van der Waals surface area contributed by atoms with Gasteiger partial charge in [0.15, 0.2) is 0 Å². The van der Waals surface area contributed by atoms with Crippen LogP contribution in [-0.4, -0.2) is 30.8 Å². The fourth-order valence-corrected chi connectivity index (χ4v) is 1.33. The molecule has 0 radical (unpaired) electrons. The van der Waals surface area contributed by atoms with Gasteiger partial charge in [0.25, 0.3) is 0 Å². The predicted molar refractivity (Wildman–Crippen MR) is 57.1 cm³/mol. The van der Waals surface area contributed by atoms with Gasteiger partial charge in [-0.3, -0.25) is 9.59 Å². The van der Waals surface area contributed by atoms with Crippen molar-refractivity contribution in [3.63, 3.8) is 0 Å². The van der Waals surface area contributed by atoms with Gasteiger partial charge < -0.3 is 10.6 Å². The topological polar surface area (TPSA) is 63.4 Å². The minimum atomic E-state index is -0.888. The third kappa shape index (κ3) is 2.56. The van der Waals surface area contributed by atoms with E-state index in [4.69, 9.17) is 5.73 Å². The van der Waals surface area contributed by atoms with E-state index in [9.17, 15) is 9.59 Å². The molecule has 4 nitrogen and oxygen atoms in total. The number of nitrogens with two attached hydrogens (primary N) is 1. The lowest BCUT2D eigenvalue weighted by atomic mass is 9.97. The molecule has 2 N–H and O–H groups in total. The van der Waals surface area contributed by atoms with E-state index in [1.54, 1.807) is 38.4 Å². The molecule has 1 aromatic rings. The zero-order chi connectivity index (χ0) is 11.4. The number of rotatable bonds is 3. The molecule has 1 atom stereocenters. The van der Waals surface area contributed by atoms with E-state index in [0.29, 0.717) is 5.56 Å². The van der Waals surface area contributed by atoms with E-state index in [1.165, 1.54) is 4.90 Å². The monoisotopic (exact) mass is 206 g/mol. The van der Waals surface area contributed by atoms with Crippen LogP contribution in [0.3, 0.4) is 0 Å². The summed E-state index contributed by atoms with van der Waals surface area (Å²) in [5.41, 5.74) is 5.85. The van der Waals surface area contributed by atoms with Gasteiger partial charge in [0.2, 0.25) is 11.8 Å². The van der Waals surface area contributed by atoms with Crippen molar-refractivity contribution >= 4 is 11.8 Å². The van der Waals surface area contributed by atoms with Gasteiger partial charge in [-0.15, -0.1) is 0 Å². The van der Waals surface area contributed by atoms with Crippen LogP contribution in [0.5, 0.6) is 0 Å². The number of carbonyl (C=O) groups excluding carboxylic acids is 2. The lowest BCUT2D eigenvalue weighted by Crippen LogP contribution is -2.36. The van der Waals surface area contributed by atoms with E-state index in [0.717, 1.165) is 0 Å². The number of carbonyl (C=O) groups is 2. The fraction of sp³-hybridized carbons (Fsp3) is 0.273. The van der Waals surface area contributed by atoms with Gasteiger partial charge in [-0.1, -0.05) is 30.3 Å². The molecule has 1 aromatic carbocycles. The van der Waals surface area contributed by atoms with Gasteiger partial charge in [-0.05, 0) is 5.56 Å². The molecular formula is C11H14N2O2. The van der Waals surface area contributed by atoms with E-state index >= 15 is 0 Å². The maximum absolute atomic E-state index is 11.7. The summed E-state index contributed by atoms with van der Waals surface area (Å²) in [5, 5.41) is 0. The first-order valence-electron chi connectivity index (χ1n) is 4.59. The highest BCUT2D eigenvalue weighted by Crippen LogP contribution is 2.16. The van der Waals surface area contributed by atoms with Crippen molar-refractivity contribution in [3.8, 4) is 0 Å². The van der Waals surface area contributed by atoms with Gasteiger partial charge in [0.1, 0.15) is 5.92 Å². The van der Waals surface area contributed by atoms with Gasteiger partial charge in [0.05, 0.1) is 0 Å². The van der Waals surface area contributed by atoms with Gasteiger partial charge >= 0.3 is 0 Å². The number of likely N-dealkylation sites (N-methyl/N-ethyl adjacent to an activating group) is 1. The predicted octanol–water partition coefficient (Wildman–Crippen LogP) is 0.344. The third-order valence-corrected chi connectivity index (χ3v) is 2.11. The average molecular weight is 206 g/mol. The van der Waals surface area contributed by atoms with Crippen LogP contribution in [0, 0.1) is 0 Å². The molecule has 0 spiro atoms. The van der Waals surface area contributed by atoms with Crippen molar-refractivity contribution in [2.45, 2.75) is 5.92 Å². The number of primary amides is 1. The summed E-state index contributed by atoms with van der Waals surface area (Å²) >= 11 is 0. The summed E-state index contributed by atoms with van der Waals surface area (Å²) in [4.78, 5) is 24.3. The van der Waals surface area contributed by atoms with Crippen LogP contribution in [0.1, 0.15) is 11.5 Å². The van der Waals surface area contributed by atoms with Gasteiger partial charge in [-0.25, -0.2) is 0 Å². The molecule has 0 bridgehead atoms. The number of hydrogen-bond acceptors (Lipinski definition) is 2. The maximum atomic E-state index is 11.7. The van der Waals surface area contributed by atoms with Crippen molar-refractivity contribution in [3.05, 3.63) is 35.9 Å². The molecule has 0 saturated heterocycles. The standard InChI is InChI=1S/C11H14N2O2/c1-13(2)11(15)9(10(12)14)8-6-4-3-5-7-8/h3-7,9H,1-2H3,(H2,12,14)/t9-/m0/s1. The Morgan fingerprint density at radius 2 is 1.73 bits per heavy atom. The second-order valence-corrected chi connectivity index (χ2v) is 3.48. The Labute approximate surface area is 88.7 Å². The highest BCUT2D eigenvalue weighted by molar-refractivity contribution is 6.04. The zero-order valence-corrected chi connectivity index (χ0v) is 8.81. The smallest absolute Gasteiger partial charge is 0.239 e. The highest BCUT2D eigenvalue weighted by Gasteiger charge is 2.27. The lowest BCUT2D eigenvalue weighted by Gasteiger charge is -2.17. The molecule has 4 heteroatoms.